The molecule has 3 aromatic carbocycles. The highest BCUT2D eigenvalue weighted by Crippen LogP contribution is 2.28. The average molecular weight is 502 g/mol. The van der Waals surface area contributed by atoms with Gasteiger partial charge < -0.3 is 4.90 Å². The topological polar surface area (TPSA) is 90.3 Å². The minimum absolute atomic E-state index is 0.0308. The van der Waals surface area contributed by atoms with E-state index >= 15 is 0 Å². The summed E-state index contributed by atoms with van der Waals surface area (Å²) < 4.78 is 26.8. The summed E-state index contributed by atoms with van der Waals surface area (Å²) in [5.41, 5.74) is 3.15. The number of nitriles is 1. The van der Waals surface area contributed by atoms with Crippen LogP contribution in [0.1, 0.15) is 25.7 Å². The van der Waals surface area contributed by atoms with Gasteiger partial charge in [-0.1, -0.05) is 72.8 Å². The van der Waals surface area contributed by atoms with Crippen LogP contribution in [-0.4, -0.2) is 19.2 Å². The number of benzene rings is 3. The molecule has 0 aliphatic rings. The monoisotopic (exact) mass is 501 g/mol. The van der Waals surface area contributed by atoms with Gasteiger partial charge in [0.1, 0.15) is 0 Å². The van der Waals surface area contributed by atoms with Crippen molar-refractivity contribution >= 4 is 27.3 Å². The Morgan fingerprint density at radius 2 is 1.51 bits per heavy atom. The third-order valence-corrected chi connectivity index (χ3v) is 7.73. The smallest absolute Gasteiger partial charge is 0.270 e. The molecule has 0 saturated carbocycles. The summed E-state index contributed by atoms with van der Waals surface area (Å²) in [4.78, 5) is 16.9. The van der Waals surface area contributed by atoms with Gasteiger partial charge in [0.05, 0.1) is 9.77 Å². The molecule has 8 heteroatoms. The van der Waals surface area contributed by atoms with Crippen molar-refractivity contribution in [2.45, 2.75) is 24.9 Å². The van der Waals surface area contributed by atoms with Gasteiger partial charge in [0.2, 0.25) is 0 Å². The van der Waals surface area contributed by atoms with E-state index in [2.05, 4.69) is 0 Å². The highest BCUT2D eigenvalue weighted by Gasteiger charge is 2.20. The molecule has 0 aliphatic heterocycles. The maximum absolute atomic E-state index is 13.3. The minimum Gasteiger partial charge on any atom is -0.329 e. The zero-order valence-electron chi connectivity index (χ0n) is 19.0. The van der Waals surface area contributed by atoms with Crippen LogP contribution in [-0.2, 0) is 23.1 Å². The number of hydrogen-bond donors (Lipinski definition) is 1. The van der Waals surface area contributed by atoms with Crippen molar-refractivity contribution in [3.05, 3.63) is 112 Å². The van der Waals surface area contributed by atoms with E-state index in [1.54, 1.807) is 18.2 Å². The molecule has 0 unspecified atom stereocenters. The standard InChI is InChI=1S/C27H23N3O3S2/c1-20-11-16-25(34-20)27(31)30(17-21-7-3-2-4-8-21)18-22-12-14-23(15-13-22)24-9-5-6-10-26(24)35(32,33)29-19-28/h2-16,29H,17-18H2,1H3. The molecule has 1 aromatic heterocycles. The second kappa shape index (κ2) is 10.6. The number of carbonyl (C=O) groups excluding carboxylic acids is 1. The maximum Gasteiger partial charge on any atom is 0.270 e. The fraction of sp³-hybridized carbons (Fsp3) is 0.111. The second-order valence-corrected chi connectivity index (χ2v) is 10.9. The summed E-state index contributed by atoms with van der Waals surface area (Å²) >= 11 is 1.48. The first-order valence-electron chi connectivity index (χ1n) is 10.9. The molecule has 0 spiro atoms. The van der Waals surface area contributed by atoms with E-state index in [0.717, 1.165) is 16.0 Å². The van der Waals surface area contributed by atoms with E-state index < -0.39 is 10.0 Å². The molecule has 4 aromatic rings. The van der Waals surface area contributed by atoms with Crippen LogP contribution in [0.5, 0.6) is 0 Å². The quantitative estimate of drug-likeness (QED) is 0.261. The van der Waals surface area contributed by atoms with Crippen molar-refractivity contribution < 1.29 is 13.2 Å². The molecule has 1 amide bonds. The van der Waals surface area contributed by atoms with Crippen molar-refractivity contribution in [3.63, 3.8) is 0 Å². The van der Waals surface area contributed by atoms with Crippen molar-refractivity contribution in [1.82, 2.24) is 9.62 Å². The average Bonchev–Trinajstić information content (AvgIpc) is 3.30. The van der Waals surface area contributed by atoms with E-state index in [0.29, 0.717) is 29.1 Å². The number of thiophene rings is 1. The highest BCUT2D eigenvalue weighted by molar-refractivity contribution is 7.89. The summed E-state index contributed by atoms with van der Waals surface area (Å²) in [5, 5.41) is 8.81. The summed E-state index contributed by atoms with van der Waals surface area (Å²) in [6.07, 6.45) is 1.49. The Kier molecular flexibility index (Phi) is 7.30. The van der Waals surface area contributed by atoms with Crippen LogP contribution in [0, 0.1) is 18.4 Å². The van der Waals surface area contributed by atoms with Gasteiger partial charge in [-0.3, -0.25) is 4.79 Å². The summed E-state index contributed by atoms with van der Waals surface area (Å²) in [5.74, 6) is -0.0324. The van der Waals surface area contributed by atoms with E-state index in [1.807, 2.05) is 83.3 Å². The first-order chi connectivity index (χ1) is 16.9. The summed E-state index contributed by atoms with van der Waals surface area (Å²) in [6.45, 7) is 2.85. The van der Waals surface area contributed by atoms with Gasteiger partial charge in [0.25, 0.3) is 15.9 Å². The maximum atomic E-state index is 13.3. The number of sulfonamides is 1. The Morgan fingerprint density at radius 1 is 0.886 bits per heavy atom. The zero-order valence-corrected chi connectivity index (χ0v) is 20.6. The highest BCUT2D eigenvalue weighted by atomic mass is 32.2. The summed E-state index contributed by atoms with van der Waals surface area (Å²) in [6, 6.07) is 27.6. The third kappa shape index (κ3) is 5.77. The van der Waals surface area contributed by atoms with Crippen LogP contribution >= 0.6 is 11.3 Å². The Bertz CT molecular complexity index is 1470. The van der Waals surface area contributed by atoms with Gasteiger partial charge in [0, 0.05) is 23.5 Å². The molecule has 0 fully saturated rings. The number of nitrogens with zero attached hydrogens (tertiary/aromatic N) is 2. The lowest BCUT2D eigenvalue weighted by Gasteiger charge is -2.23. The van der Waals surface area contributed by atoms with Crippen molar-refractivity contribution in [3.8, 4) is 17.3 Å². The van der Waals surface area contributed by atoms with E-state index in [4.69, 9.17) is 5.26 Å². The van der Waals surface area contributed by atoms with Gasteiger partial charge in [-0.05, 0) is 41.8 Å². The third-order valence-electron chi connectivity index (χ3n) is 5.45. The number of nitrogens with one attached hydrogen (secondary N) is 1. The second-order valence-electron chi connectivity index (χ2n) is 7.97. The number of carbonyl (C=O) groups is 1. The Hall–Kier alpha value is -3.93. The van der Waals surface area contributed by atoms with Gasteiger partial charge in [-0.2, -0.15) is 5.26 Å². The molecular weight excluding hydrogens is 478 g/mol. The molecule has 0 saturated heterocycles. The van der Waals surface area contributed by atoms with Crippen LogP contribution in [0.3, 0.4) is 0 Å². The van der Waals surface area contributed by atoms with E-state index in [9.17, 15) is 13.2 Å². The fourth-order valence-corrected chi connectivity index (χ4v) is 5.57. The first-order valence-corrected chi connectivity index (χ1v) is 13.2. The van der Waals surface area contributed by atoms with Gasteiger partial charge in [0.15, 0.2) is 6.19 Å². The molecule has 35 heavy (non-hydrogen) atoms. The first kappa shape index (κ1) is 24.2. The van der Waals surface area contributed by atoms with Crippen LogP contribution in [0.25, 0.3) is 11.1 Å². The lowest BCUT2D eigenvalue weighted by Crippen LogP contribution is -2.29. The minimum atomic E-state index is -3.96. The molecule has 0 bridgehead atoms. The molecule has 0 radical (unpaired) electrons. The number of aryl methyl sites for hydroxylation is 1. The van der Waals surface area contributed by atoms with Crippen molar-refractivity contribution in [2.24, 2.45) is 0 Å². The van der Waals surface area contributed by atoms with Crippen LogP contribution in [0.4, 0.5) is 0 Å². The summed E-state index contributed by atoms with van der Waals surface area (Å²) in [7, 11) is -3.96. The van der Waals surface area contributed by atoms with E-state index in [-0.39, 0.29) is 10.8 Å². The molecule has 0 aliphatic carbocycles. The van der Waals surface area contributed by atoms with Crippen LogP contribution in [0.2, 0.25) is 0 Å². The van der Waals surface area contributed by atoms with E-state index in [1.165, 1.54) is 23.6 Å². The van der Waals surface area contributed by atoms with Gasteiger partial charge in [-0.25, -0.2) is 13.1 Å². The van der Waals surface area contributed by atoms with Crippen molar-refractivity contribution in [2.75, 3.05) is 0 Å². The number of amides is 1. The lowest BCUT2D eigenvalue weighted by atomic mass is 10.0. The molecule has 0 atom stereocenters. The predicted octanol–water partition coefficient (Wildman–Crippen LogP) is 5.33. The zero-order chi connectivity index (χ0) is 24.8. The molecular formula is C27H23N3O3S2. The van der Waals surface area contributed by atoms with Gasteiger partial charge >= 0.3 is 0 Å². The van der Waals surface area contributed by atoms with Crippen molar-refractivity contribution in [1.29, 1.82) is 5.26 Å². The molecule has 176 valence electrons. The number of hydrogen-bond acceptors (Lipinski definition) is 5. The van der Waals surface area contributed by atoms with Crippen LogP contribution in [0.15, 0.2) is 95.9 Å². The Balaban J connectivity index is 1.61. The molecule has 6 nitrogen and oxygen atoms in total. The largest absolute Gasteiger partial charge is 0.329 e. The lowest BCUT2D eigenvalue weighted by molar-refractivity contribution is 0.0735. The van der Waals surface area contributed by atoms with Crippen LogP contribution < -0.4 is 4.72 Å². The molecule has 1 heterocycles. The molecule has 1 N–H and O–H groups in total. The van der Waals surface area contributed by atoms with Gasteiger partial charge in [-0.15, -0.1) is 11.3 Å². The SMILES string of the molecule is Cc1ccc(C(=O)N(Cc2ccccc2)Cc2ccc(-c3ccccc3S(=O)(=O)NC#N)cc2)s1. The molecule has 4 rings (SSSR count). The normalized spacial score (nSPS) is 11.0. The Morgan fingerprint density at radius 3 is 2.14 bits per heavy atom. The number of rotatable bonds is 8. The fourth-order valence-electron chi connectivity index (χ4n) is 3.77. The Labute approximate surface area is 209 Å². The predicted molar refractivity (Wildman–Crippen MR) is 137 cm³/mol.